The molecular formula is C18H26N2O3. The van der Waals surface area contributed by atoms with Crippen LogP contribution in [0.25, 0.3) is 0 Å². The van der Waals surface area contributed by atoms with E-state index in [4.69, 9.17) is 4.74 Å². The highest BCUT2D eigenvalue weighted by Gasteiger charge is 2.27. The van der Waals surface area contributed by atoms with Crippen molar-refractivity contribution in [1.82, 2.24) is 10.6 Å². The van der Waals surface area contributed by atoms with E-state index < -0.39 is 6.04 Å². The minimum Gasteiger partial charge on any atom is -0.484 e. The van der Waals surface area contributed by atoms with Gasteiger partial charge in [-0.3, -0.25) is 9.59 Å². The van der Waals surface area contributed by atoms with E-state index in [0.29, 0.717) is 5.75 Å². The molecule has 0 bridgehead atoms. The van der Waals surface area contributed by atoms with E-state index in [-0.39, 0.29) is 30.4 Å². The Morgan fingerprint density at radius 3 is 2.43 bits per heavy atom. The number of carbonyl (C=O) groups excluding carboxylic acids is 2. The minimum atomic E-state index is -0.525. The summed E-state index contributed by atoms with van der Waals surface area (Å²) in [6.45, 7) is 3.76. The van der Waals surface area contributed by atoms with Gasteiger partial charge in [-0.05, 0) is 30.9 Å². The first kappa shape index (κ1) is 17.3. The van der Waals surface area contributed by atoms with Crippen LogP contribution < -0.4 is 15.4 Å². The van der Waals surface area contributed by atoms with Crippen LogP contribution >= 0.6 is 0 Å². The van der Waals surface area contributed by atoms with Crippen molar-refractivity contribution in [3.05, 3.63) is 30.3 Å². The summed E-state index contributed by atoms with van der Waals surface area (Å²) in [5.41, 5.74) is 0. The number of benzene rings is 1. The van der Waals surface area contributed by atoms with Crippen molar-refractivity contribution in [2.45, 2.75) is 51.6 Å². The van der Waals surface area contributed by atoms with Crippen LogP contribution in [-0.2, 0) is 9.59 Å². The largest absolute Gasteiger partial charge is 0.484 e. The lowest BCUT2D eigenvalue weighted by atomic mass is 10.0. The van der Waals surface area contributed by atoms with Crippen LogP contribution in [0.1, 0.15) is 39.5 Å². The van der Waals surface area contributed by atoms with Crippen molar-refractivity contribution in [3.63, 3.8) is 0 Å². The summed E-state index contributed by atoms with van der Waals surface area (Å²) in [6, 6.07) is 8.89. The SMILES string of the molecule is CC(C)[C@H](NC(=O)COc1ccccc1)C(=O)NC1CCCC1. The van der Waals surface area contributed by atoms with E-state index in [1.165, 1.54) is 0 Å². The van der Waals surface area contributed by atoms with E-state index in [1.807, 2.05) is 32.0 Å². The molecule has 1 atom stereocenters. The topological polar surface area (TPSA) is 67.4 Å². The molecule has 0 saturated heterocycles. The maximum atomic E-state index is 12.4. The van der Waals surface area contributed by atoms with Gasteiger partial charge in [0.1, 0.15) is 11.8 Å². The molecule has 1 aromatic carbocycles. The fraction of sp³-hybridized carbons (Fsp3) is 0.556. The number of para-hydroxylation sites is 1. The lowest BCUT2D eigenvalue weighted by molar-refractivity contribution is -0.131. The molecular weight excluding hydrogens is 292 g/mol. The van der Waals surface area contributed by atoms with E-state index >= 15 is 0 Å². The van der Waals surface area contributed by atoms with Crippen molar-refractivity contribution < 1.29 is 14.3 Å². The van der Waals surface area contributed by atoms with Crippen molar-refractivity contribution in [3.8, 4) is 5.75 Å². The quantitative estimate of drug-likeness (QED) is 0.810. The van der Waals surface area contributed by atoms with Crippen molar-refractivity contribution >= 4 is 11.8 Å². The summed E-state index contributed by atoms with van der Waals surface area (Å²) in [6.07, 6.45) is 4.38. The highest BCUT2D eigenvalue weighted by atomic mass is 16.5. The summed E-state index contributed by atoms with van der Waals surface area (Å²) in [4.78, 5) is 24.4. The van der Waals surface area contributed by atoms with E-state index in [9.17, 15) is 9.59 Å². The first-order chi connectivity index (χ1) is 11.1. The molecule has 2 rings (SSSR count). The lowest BCUT2D eigenvalue weighted by Gasteiger charge is -2.23. The average Bonchev–Trinajstić information content (AvgIpc) is 3.04. The molecule has 0 heterocycles. The van der Waals surface area contributed by atoms with Crippen molar-refractivity contribution in [2.75, 3.05) is 6.61 Å². The Kier molecular flexibility index (Phi) is 6.44. The molecule has 126 valence electrons. The Morgan fingerprint density at radius 1 is 1.17 bits per heavy atom. The van der Waals surface area contributed by atoms with Crippen LogP contribution in [0, 0.1) is 5.92 Å². The van der Waals surface area contributed by atoms with Gasteiger partial charge in [0.15, 0.2) is 6.61 Å². The van der Waals surface area contributed by atoms with E-state index in [2.05, 4.69) is 10.6 Å². The first-order valence-corrected chi connectivity index (χ1v) is 8.34. The van der Waals surface area contributed by atoms with Gasteiger partial charge in [0.25, 0.3) is 5.91 Å². The van der Waals surface area contributed by atoms with Gasteiger partial charge in [-0.2, -0.15) is 0 Å². The fourth-order valence-electron chi connectivity index (χ4n) is 2.78. The van der Waals surface area contributed by atoms with Gasteiger partial charge in [0.2, 0.25) is 5.91 Å². The Bertz CT molecular complexity index is 510. The number of hydrogen-bond acceptors (Lipinski definition) is 3. The van der Waals surface area contributed by atoms with Crippen LogP contribution in [0.3, 0.4) is 0 Å². The van der Waals surface area contributed by atoms with Crippen LogP contribution in [0.2, 0.25) is 0 Å². The molecule has 0 aliphatic heterocycles. The van der Waals surface area contributed by atoms with E-state index in [1.54, 1.807) is 12.1 Å². The van der Waals surface area contributed by atoms with E-state index in [0.717, 1.165) is 25.7 Å². The van der Waals surface area contributed by atoms with Gasteiger partial charge in [-0.25, -0.2) is 0 Å². The molecule has 0 unspecified atom stereocenters. The molecule has 0 aromatic heterocycles. The number of ether oxygens (including phenoxy) is 1. The molecule has 2 amide bonds. The highest BCUT2D eigenvalue weighted by Crippen LogP contribution is 2.18. The second-order valence-electron chi connectivity index (χ2n) is 6.38. The predicted octanol–water partition coefficient (Wildman–Crippen LogP) is 2.26. The standard InChI is InChI=1S/C18H26N2O3/c1-13(2)17(18(22)19-14-8-6-7-9-14)20-16(21)12-23-15-10-4-3-5-11-15/h3-5,10-11,13-14,17H,6-9,12H2,1-2H3,(H,19,22)(H,20,21)/t17-/m0/s1. The molecule has 23 heavy (non-hydrogen) atoms. The Labute approximate surface area is 137 Å². The normalized spacial score (nSPS) is 16.1. The summed E-state index contributed by atoms with van der Waals surface area (Å²) < 4.78 is 5.42. The number of rotatable bonds is 7. The number of carbonyl (C=O) groups is 2. The van der Waals surface area contributed by atoms with Crippen molar-refractivity contribution in [1.29, 1.82) is 0 Å². The monoisotopic (exact) mass is 318 g/mol. The number of nitrogens with one attached hydrogen (secondary N) is 2. The molecule has 0 spiro atoms. The Hall–Kier alpha value is -2.04. The highest BCUT2D eigenvalue weighted by molar-refractivity contribution is 5.88. The van der Waals surface area contributed by atoms with Gasteiger partial charge in [-0.1, -0.05) is 44.9 Å². The molecule has 0 radical (unpaired) electrons. The zero-order chi connectivity index (χ0) is 16.7. The summed E-state index contributed by atoms with van der Waals surface area (Å²) >= 11 is 0. The maximum Gasteiger partial charge on any atom is 0.258 e. The molecule has 1 aliphatic rings. The fourth-order valence-corrected chi connectivity index (χ4v) is 2.78. The van der Waals surface area contributed by atoms with Crippen molar-refractivity contribution in [2.24, 2.45) is 5.92 Å². The molecule has 5 nitrogen and oxygen atoms in total. The first-order valence-electron chi connectivity index (χ1n) is 8.34. The Morgan fingerprint density at radius 2 is 1.83 bits per heavy atom. The third-order valence-electron chi connectivity index (χ3n) is 4.08. The average molecular weight is 318 g/mol. The smallest absolute Gasteiger partial charge is 0.258 e. The molecule has 1 fully saturated rings. The summed E-state index contributed by atoms with van der Waals surface area (Å²) in [5.74, 6) is 0.283. The van der Waals surface area contributed by atoms with Gasteiger partial charge in [0, 0.05) is 6.04 Å². The van der Waals surface area contributed by atoms with Gasteiger partial charge < -0.3 is 15.4 Å². The summed E-state index contributed by atoms with van der Waals surface area (Å²) in [5, 5.41) is 5.83. The molecule has 2 N–H and O–H groups in total. The maximum absolute atomic E-state index is 12.4. The third-order valence-corrected chi connectivity index (χ3v) is 4.08. The van der Waals surface area contributed by atoms with Crippen LogP contribution in [0.4, 0.5) is 0 Å². The van der Waals surface area contributed by atoms with Crippen LogP contribution in [-0.4, -0.2) is 30.5 Å². The van der Waals surface area contributed by atoms with Gasteiger partial charge in [-0.15, -0.1) is 0 Å². The lowest BCUT2D eigenvalue weighted by Crippen LogP contribution is -2.52. The molecule has 1 aliphatic carbocycles. The minimum absolute atomic E-state index is 0.0251. The Balaban J connectivity index is 1.82. The molecule has 1 saturated carbocycles. The second kappa shape index (κ2) is 8.56. The zero-order valence-corrected chi connectivity index (χ0v) is 13.9. The number of hydrogen-bond donors (Lipinski definition) is 2. The van der Waals surface area contributed by atoms with Gasteiger partial charge in [0.05, 0.1) is 0 Å². The number of amides is 2. The third kappa shape index (κ3) is 5.58. The van der Waals surface area contributed by atoms with Gasteiger partial charge >= 0.3 is 0 Å². The summed E-state index contributed by atoms with van der Waals surface area (Å²) in [7, 11) is 0. The molecule has 5 heteroatoms. The van der Waals surface area contributed by atoms with Crippen LogP contribution in [0.15, 0.2) is 30.3 Å². The van der Waals surface area contributed by atoms with Crippen LogP contribution in [0.5, 0.6) is 5.75 Å². The second-order valence-corrected chi connectivity index (χ2v) is 6.38. The molecule has 1 aromatic rings. The zero-order valence-electron chi connectivity index (χ0n) is 13.9. The predicted molar refractivity (Wildman–Crippen MR) is 89.1 cm³/mol.